The van der Waals surface area contributed by atoms with E-state index in [9.17, 15) is 9.90 Å². The molecule has 0 saturated heterocycles. The van der Waals surface area contributed by atoms with Crippen molar-refractivity contribution in [2.24, 2.45) is 5.92 Å². The maximum atomic E-state index is 11.7. The predicted molar refractivity (Wildman–Crippen MR) is 70.1 cm³/mol. The molecular weight excluding hydrogens is 319 g/mol. The first kappa shape index (κ1) is 13.4. The molecule has 5 heteroatoms. The minimum absolute atomic E-state index is 0.134. The second kappa shape index (κ2) is 6.15. The summed E-state index contributed by atoms with van der Waals surface area (Å²) < 4.78 is 0.912. The number of carbonyl (C=O) groups is 1. The third-order valence-corrected chi connectivity index (χ3v) is 2.80. The van der Waals surface area contributed by atoms with Crippen molar-refractivity contribution < 1.29 is 9.90 Å². The quantitative estimate of drug-likeness (QED) is 0.819. The van der Waals surface area contributed by atoms with Gasteiger partial charge in [0.15, 0.2) is 0 Å². The number of carbonyl (C=O) groups excluding carboxylic acids is 1. The van der Waals surface area contributed by atoms with Gasteiger partial charge in [0, 0.05) is 22.5 Å². The number of rotatable bonds is 4. The lowest BCUT2D eigenvalue weighted by Gasteiger charge is -2.14. The van der Waals surface area contributed by atoms with Crippen LogP contribution < -0.4 is 5.32 Å². The van der Waals surface area contributed by atoms with Crippen molar-refractivity contribution in [3.8, 4) is 0 Å². The van der Waals surface area contributed by atoms with Crippen LogP contribution in [-0.4, -0.2) is 28.6 Å². The zero-order valence-corrected chi connectivity index (χ0v) is 11.4. The highest BCUT2D eigenvalue weighted by Gasteiger charge is 2.12. The molecule has 88 valence electrons. The van der Waals surface area contributed by atoms with Crippen molar-refractivity contribution in [2.75, 3.05) is 6.54 Å². The van der Waals surface area contributed by atoms with E-state index < -0.39 is 6.10 Å². The fraction of sp³-hybridized carbons (Fsp3) is 0.455. The van der Waals surface area contributed by atoms with E-state index in [0.29, 0.717) is 5.56 Å². The fourth-order valence-electron chi connectivity index (χ4n) is 1.07. The molecule has 1 heterocycles. The van der Waals surface area contributed by atoms with Crippen molar-refractivity contribution in [3.63, 3.8) is 0 Å². The lowest BCUT2D eigenvalue weighted by atomic mass is 10.1. The van der Waals surface area contributed by atoms with Gasteiger partial charge in [-0.15, -0.1) is 0 Å². The molecule has 0 aliphatic carbocycles. The number of nitrogens with one attached hydrogen (secondary N) is 1. The standard InChI is InChI=1S/C11H15IN2O2/c1-7(2)10(15)6-14-11(16)8-3-9(12)5-13-4-8/h3-5,7,10,15H,6H2,1-2H3,(H,14,16). The number of aromatic nitrogens is 1. The Morgan fingerprint density at radius 3 is 2.81 bits per heavy atom. The molecule has 0 aromatic carbocycles. The van der Waals surface area contributed by atoms with E-state index in [1.807, 2.05) is 13.8 Å². The van der Waals surface area contributed by atoms with Crippen molar-refractivity contribution in [1.29, 1.82) is 0 Å². The number of aliphatic hydroxyl groups is 1. The Bertz CT molecular complexity index is 369. The predicted octanol–water partition coefficient (Wildman–Crippen LogP) is 1.43. The fourth-order valence-corrected chi connectivity index (χ4v) is 1.57. The van der Waals surface area contributed by atoms with E-state index in [1.165, 1.54) is 6.20 Å². The lowest BCUT2D eigenvalue weighted by molar-refractivity contribution is 0.0871. The average molecular weight is 334 g/mol. The van der Waals surface area contributed by atoms with E-state index in [2.05, 4.69) is 32.9 Å². The van der Waals surface area contributed by atoms with Crippen LogP contribution in [0.25, 0.3) is 0 Å². The van der Waals surface area contributed by atoms with Crippen molar-refractivity contribution in [1.82, 2.24) is 10.3 Å². The third kappa shape index (κ3) is 4.05. The van der Waals surface area contributed by atoms with Crippen LogP contribution in [-0.2, 0) is 0 Å². The Balaban J connectivity index is 2.53. The maximum Gasteiger partial charge on any atom is 0.252 e. The molecule has 16 heavy (non-hydrogen) atoms. The van der Waals surface area contributed by atoms with Crippen LogP contribution in [0.4, 0.5) is 0 Å². The second-order valence-electron chi connectivity index (χ2n) is 3.91. The number of aliphatic hydroxyl groups excluding tert-OH is 1. The van der Waals surface area contributed by atoms with Crippen LogP contribution in [0.2, 0.25) is 0 Å². The summed E-state index contributed by atoms with van der Waals surface area (Å²) in [6.45, 7) is 4.08. The first-order valence-electron chi connectivity index (χ1n) is 5.07. The Kier molecular flexibility index (Phi) is 5.14. The number of nitrogens with zero attached hydrogens (tertiary/aromatic N) is 1. The summed E-state index contributed by atoms with van der Waals surface area (Å²) in [4.78, 5) is 15.6. The summed E-state index contributed by atoms with van der Waals surface area (Å²) in [7, 11) is 0. The van der Waals surface area contributed by atoms with Gasteiger partial charge in [0.05, 0.1) is 11.7 Å². The van der Waals surface area contributed by atoms with Gasteiger partial charge in [-0.25, -0.2) is 0 Å². The molecule has 2 N–H and O–H groups in total. The maximum absolute atomic E-state index is 11.7. The number of amides is 1. The second-order valence-corrected chi connectivity index (χ2v) is 5.16. The minimum atomic E-state index is -0.514. The summed E-state index contributed by atoms with van der Waals surface area (Å²) in [5.41, 5.74) is 0.517. The SMILES string of the molecule is CC(C)C(O)CNC(=O)c1cncc(I)c1. The average Bonchev–Trinajstić information content (AvgIpc) is 2.25. The number of pyridine rings is 1. The summed E-state index contributed by atoms with van der Waals surface area (Å²) in [6.07, 6.45) is 2.68. The van der Waals surface area contributed by atoms with Gasteiger partial charge in [-0.05, 0) is 34.6 Å². The summed E-state index contributed by atoms with van der Waals surface area (Å²) in [5.74, 6) is -0.0694. The Hall–Kier alpha value is -0.690. The molecular formula is C11H15IN2O2. The topological polar surface area (TPSA) is 62.2 Å². The van der Waals surface area contributed by atoms with Gasteiger partial charge in [0.2, 0.25) is 0 Å². The molecule has 1 rings (SSSR count). The van der Waals surface area contributed by atoms with Crippen molar-refractivity contribution >= 4 is 28.5 Å². The van der Waals surface area contributed by atoms with Gasteiger partial charge in [0.1, 0.15) is 0 Å². The van der Waals surface area contributed by atoms with Crippen LogP contribution in [0.15, 0.2) is 18.5 Å². The lowest BCUT2D eigenvalue weighted by Crippen LogP contribution is -2.34. The Morgan fingerprint density at radius 2 is 2.25 bits per heavy atom. The van der Waals surface area contributed by atoms with Crippen molar-refractivity contribution in [2.45, 2.75) is 20.0 Å². The van der Waals surface area contributed by atoms with Gasteiger partial charge >= 0.3 is 0 Å². The third-order valence-electron chi connectivity index (χ3n) is 2.21. The van der Waals surface area contributed by atoms with Crippen LogP contribution >= 0.6 is 22.6 Å². The molecule has 0 fully saturated rings. The van der Waals surface area contributed by atoms with Gasteiger partial charge in [-0.1, -0.05) is 13.8 Å². The molecule has 0 aliphatic rings. The van der Waals surface area contributed by atoms with Gasteiger partial charge in [0.25, 0.3) is 5.91 Å². The number of halogens is 1. The van der Waals surface area contributed by atoms with E-state index >= 15 is 0 Å². The van der Waals surface area contributed by atoms with Crippen LogP contribution in [0.3, 0.4) is 0 Å². The zero-order chi connectivity index (χ0) is 12.1. The molecule has 0 spiro atoms. The van der Waals surface area contributed by atoms with Gasteiger partial charge in [-0.2, -0.15) is 0 Å². The van der Waals surface area contributed by atoms with E-state index in [1.54, 1.807) is 12.3 Å². The van der Waals surface area contributed by atoms with E-state index in [-0.39, 0.29) is 18.4 Å². The summed E-state index contributed by atoms with van der Waals surface area (Å²) in [5, 5.41) is 12.2. The largest absolute Gasteiger partial charge is 0.391 e. The van der Waals surface area contributed by atoms with Crippen LogP contribution in [0.5, 0.6) is 0 Å². The first-order chi connectivity index (χ1) is 7.50. The Morgan fingerprint density at radius 1 is 1.56 bits per heavy atom. The molecule has 1 aromatic heterocycles. The number of hydrogen-bond acceptors (Lipinski definition) is 3. The molecule has 0 aliphatic heterocycles. The molecule has 1 aromatic rings. The normalized spacial score (nSPS) is 12.6. The minimum Gasteiger partial charge on any atom is -0.391 e. The summed E-state index contributed by atoms with van der Waals surface area (Å²) >= 11 is 2.10. The first-order valence-corrected chi connectivity index (χ1v) is 6.15. The van der Waals surface area contributed by atoms with Gasteiger partial charge in [-0.3, -0.25) is 9.78 Å². The smallest absolute Gasteiger partial charge is 0.252 e. The number of hydrogen-bond donors (Lipinski definition) is 2. The van der Waals surface area contributed by atoms with Gasteiger partial charge < -0.3 is 10.4 Å². The highest BCUT2D eigenvalue weighted by Crippen LogP contribution is 2.05. The van der Waals surface area contributed by atoms with Crippen LogP contribution in [0, 0.1) is 9.49 Å². The zero-order valence-electron chi connectivity index (χ0n) is 9.27. The molecule has 4 nitrogen and oxygen atoms in total. The Labute approximate surface area is 109 Å². The molecule has 0 bridgehead atoms. The molecule has 1 unspecified atom stereocenters. The highest BCUT2D eigenvalue weighted by molar-refractivity contribution is 14.1. The van der Waals surface area contributed by atoms with E-state index in [4.69, 9.17) is 0 Å². The van der Waals surface area contributed by atoms with E-state index in [0.717, 1.165) is 3.57 Å². The monoisotopic (exact) mass is 334 g/mol. The molecule has 1 amide bonds. The molecule has 0 radical (unpaired) electrons. The van der Waals surface area contributed by atoms with Crippen molar-refractivity contribution in [3.05, 3.63) is 27.6 Å². The summed E-state index contributed by atoms with van der Waals surface area (Å²) in [6, 6.07) is 1.75. The molecule has 1 atom stereocenters. The van der Waals surface area contributed by atoms with Crippen LogP contribution in [0.1, 0.15) is 24.2 Å². The highest BCUT2D eigenvalue weighted by atomic mass is 127. The molecule has 0 saturated carbocycles.